The van der Waals surface area contributed by atoms with Crippen LogP contribution in [0.4, 0.5) is 0 Å². The van der Waals surface area contributed by atoms with E-state index in [1.165, 1.54) is 6.92 Å². The summed E-state index contributed by atoms with van der Waals surface area (Å²) >= 11 is 0. The fourth-order valence-corrected chi connectivity index (χ4v) is 1.46. The van der Waals surface area contributed by atoms with Crippen molar-refractivity contribution in [1.29, 1.82) is 0 Å². The largest absolute Gasteiger partial charge is 0.379 e. The Labute approximate surface area is 95.3 Å². The van der Waals surface area contributed by atoms with Gasteiger partial charge in [-0.15, -0.1) is 0 Å². The van der Waals surface area contributed by atoms with E-state index < -0.39 is 0 Å². The molecule has 1 saturated heterocycles. The molecule has 0 aromatic rings. The second kappa shape index (κ2) is 7.19. The third kappa shape index (κ3) is 5.67. The van der Waals surface area contributed by atoms with Crippen molar-refractivity contribution >= 4 is 11.8 Å². The average molecular weight is 229 g/mol. The van der Waals surface area contributed by atoms with E-state index in [2.05, 4.69) is 15.5 Å². The quantitative estimate of drug-likeness (QED) is 0.567. The molecule has 0 spiro atoms. The second-order valence-corrected chi connectivity index (χ2v) is 3.72. The summed E-state index contributed by atoms with van der Waals surface area (Å²) in [5, 5.41) is 5.37. The first-order chi connectivity index (χ1) is 7.68. The number of carbonyl (C=O) groups is 2. The van der Waals surface area contributed by atoms with Gasteiger partial charge in [-0.25, -0.2) is 0 Å². The Balaban J connectivity index is 2.03. The zero-order valence-corrected chi connectivity index (χ0v) is 9.62. The molecule has 0 atom stereocenters. The van der Waals surface area contributed by atoms with Crippen molar-refractivity contribution < 1.29 is 14.3 Å². The molecular weight excluding hydrogens is 210 g/mol. The molecule has 1 fully saturated rings. The number of amides is 2. The van der Waals surface area contributed by atoms with Crippen molar-refractivity contribution in [3.05, 3.63) is 0 Å². The van der Waals surface area contributed by atoms with Crippen LogP contribution in [-0.2, 0) is 14.3 Å². The fourth-order valence-electron chi connectivity index (χ4n) is 1.46. The van der Waals surface area contributed by atoms with E-state index in [1.807, 2.05) is 0 Å². The number of rotatable bonds is 5. The van der Waals surface area contributed by atoms with Crippen LogP contribution in [0.2, 0.25) is 0 Å². The zero-order chi connectivity index (χ0) is 11.8. The lowest BCUT2D eigenvalue weighted by molar-refractivity contribution is -0.123. The van der Waals surface area contributed by atoms with Crippen molar-refractivity contribution in [2.45, 2.75) is 6.92 Å². The third-order valence-corrected chi connectivity index (χ3v) is 2.29. The number of hydrogen-bond donors (Lipinski definition) is 2. The first-order valence-corrected chi connectivity index (χ1v) is 5.49. The predicted octanol–water partition coefficient (Wildman–Crippen LogP) is -1.43. The molecule has 1 heterocycles. The molecule has 1 rings (SSSR count). The minimum absolute atomic E-state index is 0.00717. The highest BCUT2D eigenvalue weighted by molar-refractivity contribution is 5.78. The molecule has 6 heteroatoms. The molecule has 0 saturated carbocycles. The Hall–Kier alpha value is -1.14. The summed E-state index contributed by atoms with van der Waals surface area (Å²) in [6.07, 6.45) is 0. The Morgan fingerprint density at radius 1 is 1.19 bits per heavy atom. The molecular formula is C10H19N3O3. The van der Waals surface area contributed by atoms with Gasteiger partial charge in [-0.05, 0) is 0 Å². The van der Waals surface area contributed by atoms with Gasteiger partial charge in [-0.2, -0.15) is 0 Å². The lowest BCUT2D eigenvalue weighted by atomic mass is 10.4. The summed E-state index contributed by atoms with van der Waals surface area (Å²) in [7, 11) is 0. The highest BCUT2D eigenvalue weighted by Crippen LogP contribution is 1.95. The van der Waals surface area contributed by atoms with Gasteiger partial charge in [-0.3, -0.25) is 14.5 Å². The van der Waals surface area contributed by atoms with Crippen LogP contribution in [0.5, 0.6) is 0 Å². The number of morpholine rings is 1. The van der Waals surface area contributed by atoms with E-state index in [0.29, 0.717) is 32.8 Å². The summed E-state index contributed by atoms with van der Waals surface area (Å²) < 4.78 is 5.19. The molecule has 2 amide bonds. The van der Waals surface area contributed by atoms with Crippen LogP contribution in [0.15, 0.2) is 0 Å². The number of nitrogens with zero attached hydrogens (tertiary/aromatic N) is 1. The highest BCUT2D eigenvalue weighted by Gasteiger charge is 2.13. The smallest absolute Gasteiger partial charge is 0.234 e. The first kappa shape index (κ1) is 12.9. The van der Waals surface area contributed by atoms with Gasteiger partial charge in [0.25, 0.3) is 0 Å². The molecule has 2 N–H and O–H groups in total. The van der Waals surface area contributed by atoms with E-state index in [0.717, 1.165) is 13.1 Å². The minimum atomic E-state index is -0.0811. The molecule has 92 valence electrons. The van der Waals surface area contributed by atoms with Gasteiger partial charge in [0.05, 0.1) is 19.8 Å². The van der Waals surface area contributed by atoms with Gasteiger partial charge in [-0.1, -0.05) is 0 Å². The van der Waals surface area contributed by atoms with Crippen LogP contribution in [0.3, 0.4) is 0 Å². The third-order valence-electron chi connectivity index (χ3n) is 2.29. The zero-order valence-electron chi connectivity index (χ0n) is 9.62. The maximum absolute atomic E-state index is 11.4. The lowest BCUT2D eigenvalue weighted by Gasteiger charge is -2.25. The minimum Gasteiger partial charge on any atom is -0.379 e. The Morgan fingerprint density at radius 3 is 2.44 bits per heavy atom. The fraction of sp³-hybridized carbons (Fsp3) is 0.800. The van der Waals surface area contributed by atoms with Gasteiger partial charge in [0.15, 0.2) is 0 Å². The van der Waals surface area contributed by atoms with Gasteiger partial charge >= 0.3 is 0 Å². The van der Waals surface area contributed by atoms with Crippen molar-refractivity contribution in [2.24, 2.45) is 0 Å². The molecule has 0 aromatic heterocycles. The van der Waals surface area contributed by atoms with E-state index in [1.54, 1.807) is 0 Å². The maximum Gasteiger partial charge on any atom is 0.234 e. The van der Waals surface area contributed by atoms with Gasteiger partial charge < -0.3 is 15.4 Å². The van der Waals surface area contributed by atoms with E-state index in [9.17, 15) is 9.59 Å². The van der Waals surface area contributed by atoms with Crippen molar-refractivity contribution in [2.75, 3.05) is 45.9 Å². The Kier molecular flexibility index (Phi) is 5.81. The van der Waals surface area contributed by atoms with Gasteiger partial charge in [0, 0.05) is 33.1 Å². The summed E-state index contributed by atoms with van der Waals surface area (Å²) in [4.78, 5) is 24.1. The molecule has 0 unspecified atom stereocenters. The lowest BCUT2D eigenvalue weighted by Crippen LogP contribution is -2.44. The first-order valence-electron chi connectivity index (χ1n) is 5.49. The molecule has 0 aromatic carbocycles. The summed E-state index contributed by atoms with van der Waals surface area (Å²) in [5.41, 5.74) is 0. The van der Waals surface area contributed by atoms with Gasteiger partial charge in [0.2, 0.25) is 11.8 Å². The molecule has 0 aliphatic carbocycles. The monoisotopic (exact) mass is 229 g/mol. The van der Waals surface area contributed by atoms with Gasteiger partial charge in [0.1, 0.15) is 0 Å². The SMILES string of the molecule is CC(=O)NCCNC(=O)CN1CCOCC1. The summed E-state index contributed by atoms with van der Waals surface area (Å²) in [6, 6.07) is 0. The number of carbonyl (C=O) groups excluding carboxylic acids is 2. The van der Waals surface area contributed by atoms with Crippen molar-refractivity contribution in [3.63, 3.8) is 0 Å². The molecule has 1 aliphatic heterocycles. The van der Waals surface area contributed by atoms with Crippen LogP contribution in [0.1, 0.15) is 6.92 Å². The number of nitrogens with one attached hydrogen (secondary N) is 2. The van der Waals surface area contributed by atoms with Crippen molar-refractivity contribution in [3.8, 4) is 0 Å². The molecule has 0 bridgehead atoms. The number of ether oxygens (including phenoxy) is 1. The predicted molar refractivity (Wildman–Crippen MR) is 59.0 cm³/mol. The molecule has 0 radical (unpaired) electrons. The average Bonchev–Trinajstić information content (AvgIpc) is 2.25. The van der Waals surface area contributed by atoms with E-state index in [-0.39, 0.29) is 11.8 Å². The molecule has 16 heavy (non-hydrogen) atoms. The topological polar surface area (TPSA) is 70.7 Å². The Morgan fingerprint density at radius 2 is 1.81 bits per heavy atom. The second-order valence-electron chi connectivity index (χ2n) is 3.72. The summed E-state index contributed by atoms with van der Waals surface area (Å²) in [6.45, 7) is 5.81. The van der Waals surface area contributed by atoms with Crippen molar-refractivity contribution in [1.82, 2.24) is 15.5 Å². The summed E-state index contributed by atoms with van der Waals surface area (Å²) in [5.74, 6) is -0.0883. The van der Waals surface area contributed by atoms with E-state index in [4.69, 9.17) is 4.74 Å². The highest BCUT2D eigenvalue weighted by atomic mass is 16.5. The van der Waals surface area contributed by atoms with Crippen LogP contribution in [0, 0.1) is 0 Å². The molecule has 6 nitrogen and oxygen atoms in total. The van der Waals surface area contributed by atoms with Crippen LogP contribution < -0.4 is 10.6 Å². The van der Waals surface area contributed by atoms with Crippen LogP contribution >= 0.6 is 0 Å². The van der Waals surface area contributed by atoms with E-state index >= 15 is 0 Å². The maximum atomic E-state index is 11.4. The van der Waals surface area contributed by atoms with Crippen LogP contribution in [-0.4, -0.2) is 62.7 Å². The normalized spacial score (nSPS) is 16.8. The number of hydrogen-bond acceptors (Lipinski definition) is 4. The standard InChI is InChI=1S/C10H19N3O3/c1-9(14)11-2-3-12-10(15)8-13-4-6-16-7-5-13/h2-8H2,1H3,(H,11,14)(H,12,15). The molecule has 1 aliphatic rings. The Bertz CT molecular complexity index is 239. The van der Waals surface area contributed by atoms with Crippen LogP contribution in [0.25, 0.3) is 0 Å².